The highest BCUT2D eigenvalue weighted by molar-refractivity contribution is 6.36. The summed E-state index contributed by atoms with van der Waals surface area (Å²) in [7, 11) is 1.74. The molecule has 6 heteroatoms. The Morgan fingerprint density at radius 2 is 2.05 bits per heavy atom. The van der Waals surface area contributed by atoms with E-state index in [1.807, 2.05) is 6.92 Å². The fourth-order valence-electron chi connectivity index (χ4n) is 2.40. The zero-order valence-electron chi connectivity index (χ0n) is 11.8. The van der Waals surface area contributed by atoms with E-state index in [1.165, 1.54) is 0 Å². The maximum atomic E-state index is 6.16. The summed E-state index contributed by atoms with van der Waals surface area (Å²) in [4.78, 5) is 4.37. The largest absolute Gasteiger partial charge is 0.473 e. The molecule has 1 fully saturated rings. The third kappa shape index (κ3) is 3.90. The predicted molar refractivity (Wildman–Crippen MR) is 82.1 cm³/mol. The standard InChI is InChI=1S/C14H20Cl2N2O2/c1-3-17-13-11(15)8-12(16)14(18-13)20-10-6-4-5-9(7-10)19-2/h8-10H,3-7H2,1-2H3,(H,17,18). The lowest BCUT2D eigenvalue weighted by molar-refractivity contribution is 0.0196. The molecule has 0 radical (unpaired) electrons. The molecule has 0 aromatic carbocycles. The SMILES string of the molecule is CCNc1nc(OC2CCCC(OC)C2)c(Cl)cc1Cl. The quantitative estimate of drug-likeness (QED) is 0.885. The van der Waals surface area contributed by atoms with Crippen LogP contribution in [0.25, 0.3) is 0 Å². The third-order valence-electron chi connectivity index (χ3n) is 3.43. The van der Waals surface area contributed by atoms with Crippen molar-refractivity contribution < 1.29 is 9.47 Å². The number of methoxy groups -OCH3 is 1. The van der Waals surface area contributed by atoms with Gasteiger partial charge in [-0.1, -0.05) is 23.2 Å². The summed E-state index contributed by atoms with van der Waals surface area (Å²) in [6.07, 6.45) is 4.39. The van der Waals surface area contributed by atoms with Gasteiger partial charge in [0.2, 0.25) is 5.88 Å². The first-order valence-corrected chi connectivity index (χ1v) is 7.69. The first kappa shape index (κ1) is 15.7. The molecule has 1 saturated carbocycles. The highest BCUT2D eigenvalue weighted by Crippen LogP contribution is 2.33. The van der Waals surface area contributed by atoms with Crippen molar-refractivity contribution in [3.05, 3.63) is 16.1 Å². The minimum absolute atomic E-state index is 0.0920. The lowest BCUT2D eigenvalue weighted by Gasteiger charge is -2.28. The number of halogens is 2. The van der Waals surface area contributed by atoms with E-state index in [4.69, 9.17) is 32.7 Å². The van der Waals surface area contributed by atoms with E-state index < -0.39 is 0 Å². The van der Waals surface area contributed by atoms with Crippen molar-refractivity contribution in [1.29, 1.82) is 0 Å². The number of pyridine rings is 1. The van der Waals surface area contributed by atoms with Crippen LogP contribution in [-0.4, -0.2) is 30.8 Å². The Kier molecular flexibility index (Phi) is 5.75. The van der Waals surface area contributed by atoms with Gasteiger partial charge in [0, 0.05) is 20.1 Å². The van der Waals surface area contributed by atoms with Crippen LogP contribution in [-0.2, 0) is 4.74 Å². The van der Waals surface area contributed by atoms with Gasteiger partial charge in [-0.25, -0.2) is 0 Å². The van der Waals surface area contributed by atoms with Gasteiger partial charge in [-0.05, 0) is 32.3 Å². The second kappa shape index (κ2) is 7.34. The summed E-state index contributed by atoms with van der Waals surface area (Å²) in [6, 6.07) is 1.67. The molecular weight excluding hydrogens is 299 g/mol. The summed E-state index contributed by atoms with van der Waals surface area (Å²) in [5.74, 6) is 1.04. The van der Waals surface area contributed by atoms with Crippen molar-refractivity contribution in [2.75, 3.05) is 19.0 Å². The Hall–Kier alpha value is -0.710. The number of anilines is 1. The van der Waals surface area contributed by atoms with Gasteiger partial charge >= 0.3 is 0 Å². The molecule has 2 unspecified atom stereocenters. The second-order valence-corrected chi connectivity index (χ2v) is 5.71. The summed E-state index contributed by atoms with van der Waals surface area (Å²) >= 11 is 12.2. The Bertz CT molecular complexity index is 457. The van der Waals surface area contributed by atoms with Crippen LogP contribution in [0.3, 0.4) is 0 Å². The van der Waals surface area contributed by atoms with Gasteiger partial charge in [0.05, 0.1) is 11.1 Å². The fourth-order valence-corrected chi connectivity index (χ4v) is 2.87. The molecule has 0 amide bonds. The van der Waals surface area contributed by atoms with Crippen molar-refractivity contribution in [2.45, 2.75) is 44.8 Å². The van der Waals surface area contributed by atoms with Crippen LogP contribution in [0, 0.1) is 0 Å². The average Bonchev–Trinajstić information content (AvgIpc) is 2.44. The normalized spacial score (nSPS) is 22.6. The van der Waals surface area contributed by atoms with E-state index in [-0.39, 0.29) is 12.2 Å². The van der Waals surface area contributed by atoms with Crippen LogP contribution in [0.5, 0.6) is 5.88 Å². The number of nitrogens with one attached hydrogen (secondary N) is 1. The minimum atomic E-state index is 0.0920. The Balaban J connectivity index is 2.10. The van der Waals surface area contributed by atoms with E-state index >= 15 is 0 Å². The zero-order chi connectivity index (χ0) is 14.5. The number of rotatable bonds is 5. The van der Waals surface area contributed by atoms with Gasteiger partial charge in [0.25, 0.3) is 0 Å². The van der Waals surface area contributed by atoms with Gasteiger partial charge in [-0.2, -0.15) is 4.98 Å². The monoisotopic (exact) mass is 318 g/mol. The molecule has 1 aromatic heterocycles. The second-order valence-electron chi connectivity index (χ2n) is 4.90. The molecule has 2 rings (SSSR count). The van der Waals surface area contributed by atoms with E-state index in [1.54, 1.807) is 13.2 Å². The first-order chi connectivity index (χ1) is 9.63. The average molecular weight is 319 g/mol. The molecule has 112 valence electrons. The summed E-state index contributed by atoms with van der Waals surface area (Å²) in [5, 5.41) is 4.04. The zero-order valence-corrected chi connectivity index (χ0v) is 13.3. The van der Waals surface area contributed by atoms with Crippen molar-refractivity contribution in [3.8, 4) is 5.88 Å². The smallest absolute Gasteiger partial charge is 0.234 e. The molecule has 0 saturated heterocycles. The molecule has 1 aliphatic rings. The molecule has 1 aromatic rings. The van der Waals surface area contributed by atoms with E-state index in [0.717, 1.165) is 32.2 Å². The summed E-state index contributed by atoms with van der Waals surface area (Å²) in [5.41, 5.74) is 0. The molecule has 4 nitrogen and oxygen atoms in total. The lowest BCUT2D eigenvalue weighted by atomic mass is 9.95. The number of hydrogen-bond donors (Lipinski definition) is 1. The number of ether oxygens (including phenoxy) is 2. The number of nitrogens with zero attached hydrogens (tertiary/aromatic N) is 1. The molecule has 1 N–H and O–H groups in total. The van der Waals surface area contributed by atoms with Crippen molar-refractivity contribution in [1.82, 2.24) is 4.98 Å². The van der Waals surface area contributed by atoms with Crippen molar-refractivity contribution in [3.63, 3.8) is 0 Å². The van der Waals surface area contributed by atoms with Crippen LogP contribution in [0.2, 0.25) is 10.0 Å². The predicted octanol–water partition coefficient (Wildman–Crippen LogP) is 4.16. The molecule has 1 heterocycles. The highest BCUT2D eigenvalue weighted by atomic mass is 35.5. The molecule has 20 heavy (non-hydrogen) atoms. The van der Waals surface area contributed by atoms with Crippen molar-refractivity contribution in [2.24, 2.45) is 0 Å². The Labute approximate surface area is 129 Å². The van der Waals surface area contributed by atoms with Gasteiger partial charge in [-0.15, -0.1) is 0 Å². The van der Waals surface area contributed by atoms with E-state index in [2.05, 4.69) is 10.3 Å². The van der Waals surface area contributed by atoms with Gasteiger partial charge in [0.1, 0.15) is 16.9 Å². The van der Waals surface area contributed by atoms with Crippen LogP contribution < -0.4 is 10.1 Å². The van der Waals surface area contributed by atoms with Crippen LogP contribution in [0.1, 0.15) is 32.6 Å². The van der Waals surface area contributed by atoms with E-state index in [0.29, 0.717) is 21.7 Å². The van der Waals surface area contributed by atoms with Gasteiger partial charge in [0.15, 0.2) is 0 Å². The number of hydrogen-bond acceptors (Lipinski definition) is 4. The first-order valence-electron chi connectivity index (χ1n) is 6.93. The Morgan fingerprint density at radius 3 is 2.75 bits per heavy atom. The molecule has 0 spiro atoms. The van der Waals surface area contributed by atoms with Crippen LogP contribution >= 0.6 is 23.2 Å². The fraction of sp³-hybridized carbons (Fsp3) is 0.643. The van der Waals surface area contributed by atoms with Gasteiger partial charge < -0.3 is 14.8 Å². The topological polar surface area (TPSA) is 43.4 Å². The maximum Gasteiger partial charge on any atom is 0.234 e. The Morgan fingerprint density at radius 1 is 1.30 bits per heavy atom. The molecular formula is C14H20Cl2N2O2. The third-order valence-corrected chi connectivity index (χ3v) is 3.99. The minimum Gasteiger partial charge on any atom is -0.473 e. The summed E-state index contributed by atoms with van der Waals surface area (Å²) < 4.78 is 11.3. The maximum absolute atomic E-state index is 6.16. The highest BCUT2D eigenvalue weighted by Gasteiger charge is 2.24. The molecule has 2 atom stereocenters. The molecule has 0 aliphatic heterocycles. The van der Waals surface area contributed by atoms with Gasteiger partial charge in [-0.3, -0.25) is 0 Å². The lowest BCUT2D eigenvalue weighted by Crippen LogP contribution is -2.29. The van der Waals surface area contributed by atoms with Crippen LogP contribution in [0.15, 0.2) is 6.07 Å². The molecule has 0 bridgehead atoms. The number of aromatic nitrogens is 1. The van der Waals surface area contributed by atoms with E-state index in [9.17, 15) is 0 Å². The van der Waals surface area contributed by atoms with Crippen LogP contribution in [0.4, 0.5) is 5.82 Å². The summed E-state index contributed by atoms with van der Waals surface area (Å²) in [6.45, 7) is 2.72. The molecule has 1 aliphatic carbocycles. The van der Waals surface area contributed by atoms with Crippen molar-refractivity contribution >= 4 is 29.0 Å².